The molecule has 2 aromatic heterocycles. The first-order valence-electron chi connectivity index (χ1n) is 6.76. The van der Waals surface area contributed by atoms with Crippen LogP contribution in [0.25, 0.3) is 11.0 Å². The van der Waals surface area contributed by atoms with Crippen LogP contribution in [0.15, 0.2) is 18.5 Å². The molecule has 0 atom stereocenters. The molecule has 0 aliphatic carbocycles. The van der Waals surface area contributed by atoms with Crippen LogP contribution in [0.4, 0.5) is 0 Å². The lowest BCUT2D eigenvalue weighted by Crippen LogP contribution is -2.53. The highest BCUT2D eigenvalue weighted by Crippen LogP contribution is 2.41. The summed E-state index contributed by atoms with van der Waals surface area (Å²) in [6, 6.07) is 2.05. The first-order valence-corrected chi connectivity index (χ1v) is 6.76. The Labute approximate surface area is 110 Å². The maximum absolute atomic E-state index is 12.5. The summed E-state index contributed by atoms with van der Waals surface area (Å²) in [5, 5.41) is 7.49. The third kappa shape index (κ3) is 1.39. The smallest absolute Gasteiger partial charge is 0.231 e. The molecule has 3 N–H and O–H groups in total. The van der Waals surface area contributed by atoms with E-state index in [0.717, 1.165) is 42.5 Å². The minimum absolute atomic E-state index is 0.176. The average molecular weight is 256 g/mol. The van der Waals surface area contributed by atoms with E-state index in [1.54, 1.807) is 0 Å². The number of pyridine rings is 1. The Kier molecular flexibility index (Phi) is 2.20. The van der Waals surface area contributed by atoms with Crippen molar-refractivity contribution in [3.63, 3.8) is 0 Å². The first-order chi connectivity index (χ1) is 9.31. The predicted molar refractivity (Wildman–Crippen MR) is 71.7 cm³/mol. The van der Waals surface area contributed by atoms with Crippen LogP contribution in [0.3, 0.4) is 0 Å². The average Bonchev–Trinajstić information content (AvgIpc) is 2.92. The molecule has 0 aromatic carbocycles. The molecule has 1 fully saturated rings. The molecular weight excluding hydrogens is 240 g/mol. The van der Waals surface area contributed by atoms with E-state index in [-0.39, 0.29) is 11.3 Å². The molecule has 0 saturated carbocycles. The van der Waals surface area contributed by atoms with Gasteiger partial charge in [-0.15, -0.1) is 0 Å². The fourth-order valence-corrected chi connectivity index (χ4v) is 3.54. The van der Waals surface area contributed by atoms with Gasteiger partial charge in [0.25, 0.3) is 0 Å². The lowest BCUT2D eigenvalue weighted by Gasteiger charge is -2.41. The van der Waals surface area contributed by atoms with E-state index in [1.807, 2.05) is 18.5 Å². The van der Waals surface area contributed by atoms with E-state index in [0.29, 0.717) is 6.54 Å². The second-order valence-corrected chi connectivity index (χ2v) is 5.41. The highest BCUT2D eigenvalue weighted by Gasteiger charge is 2.45. The number of aromatic nitrogens is 2. The summed E-state index contributed by atoms with van der Waals surface area (Å²) in [6.45, 7) is 2.37. The van der Waals surface area contributed by atoms with Gasteiger partial charge in [-0.2, -0.15) is 0 Å². The summed E-state index contributed by atoms with van der Waals surface area (Å²) in [5.41, 5.74) is 2.87. The van der Waals surface area contributed by atoms with Crippen LogP contribution < -0.4 is 10.6 Å². The number of hydrogen-bond acceptors (Lipinski definition) is 3. The summed E-state index contributed by atoms with van der Waals surface area (Å²) in [5.74, 6) is 0.176. The molecule has 5 nitrogen and oxygen atoms in total. The van der Waals surface area contributed by atoms with Crippen molar-refractivity contribution in [2.75, 3.05) is 13.1 Å². The minimum atomic E-state index is -0.373. The van der Waals surface area contributed by atoms with Crippen LogP contribution in [-0.4, -0.2) is 29.0 Å². The molecule has 0 radical (unpaired) electrons. The third-order valence-corrected chi connectivity index (χ3v) is 4.47. The van der Waals surface area contributed by atoms with E-state index in [2.05, 4.69) is 20.6 Å². The van der Waals surface area contributed by atoms with Crippen LogP contribution in [-0.2, 0) is 16.8 Å². The van der Waals surface area contributed by atoms with Gasteiger partial charge in [0, 0.05) is 24.3 Å². The molecular formula is C14H16N4O. The predicted octanol–water partition coefficient (Wildman–Crippen LogP) is 0.814. The number of fused-ring (bicyclic) bond motifs is 4. The number of piperidine rings is 1. The van der Waals surface area contributed by atoms with Crippen molar-refractivity contribution < 1.29 is 4.79 Å². The molecule has 2 aliphatic heterocycles. The van der Waals surface area contributed by atoms with E-state index < -0.39 is 0 Å². The van der Waals surface area contributed by atoms with E-state index in [4.69, 9.17) is 0 Å². The van der Waals surface area contributed by atoms with Crippen molar-refractivity contribution in [3.05, 3.63) is 29.6 Å². The summed E-state index contributed by atoms with van der Waals surface area (Å²) in [7, 11) is 0. The van der Waals surface area contributed by atoms with E-state index >= 15 is 0 Å². The number of carbonyl (C=O) groups is 1. The highest BCUT2D eigenvalue weighted by atomic mass is 16.2. The van der Waals surface area contributed by atoms with Gasteiger partial charge in [-0.05, 0) is 43.1 Å². The summed E-state index contributed by atoms with van der Waals surface area (Å²) >= 11 is 0. The van der Waals surface area contributed by atoms with E-state index in [1.165, 1.54) is 5.56 Å². The fourth-order valence-electron chi connectivity index (χ4n) is 3.54. The van der Waals surface area contributed by atoms with Gasteiger partial charge in [0.2, 0.25) is 5.91 Å². The number of H-pyrrole nitrogens is 1. The Balaban J connectivity index is 2.02. The Hall–Kier alpha value is -1.88. The molecule has 2 aromatic rings. The van der Waals surface area contributed by atoms with Crippen molar-refractivity contribution in [2.24, 2.45) is 0 Å². The first kappa shape index (κ1) is 11.0. The van der Waals surface area contributed by atoms with Gasteiger partial charge < -0.3 is 15.6 Å². The van der Waals surface area contributed by atoms with Crippen LogP contribution in [0.2, 0.25) is 0 Å². The van der Waals surface area contributed by atoms with Gasteiger partial charge in [0.05, 0.1) is 5.41 Å². The molecule has 4 heterocycles. The largest absolute Gasteiger partial charge is 0.351 e. The zero-order valence-corrected chi connectivity index (χ0v) is 10.6. The zero-order chi connectivity index (χ0) is 12.9. The maximum atomic E-state index is 12.5. The fraction of sp³-hybridized carbons (Fsp3) is 0.429. The second kappa shape index (κ2) is 3.81. The second-order valence-electron chi connectivity index (χ2n) is 5.41. The SMILES string of the molecule is O=C1NCc2cnc3[nH]ccc3c2C12CCNCC2. The molecule has 2 aliphatic rings. The van der Waals surface area contributed by atoms with Crippen molar-refractivity contribution in [3.8, 4) is 0 Å². The summed E-state index contributed by atoms with van der Waals surface area (Å²) in [6.07, 6.45) is 5.52. The Morgan fingerprint density at radius 2 is 2.11 bits per heavy atom. The number of nitrogens with zero attached hydrogens (tertiary/aromatic N) is 1. The topological polar surface area (TPSA) is 69.8 Å². The molecule has 1 saturated heterocycles. The highest BCUT2D eigenvalue weighted by molar-refractivity contribution is 5.96. The number of carbonyl (C=O) groups excluding carboxylic acids is 1. The zero-order valence-electron chi connectivity index (χ0n) is 10.6. The molecule has 5 heteroatoms. The lowest BCUT2D eigenvalue weighted by molar-refractivity contribution is -0.128. The van der Waals surface area contributed by atoms with Gasteiger partial charge in [0.1, 0.15) is 5.65 Å². The van der Waals surface area contributed by atoms with Crippen LogP contribution in [0, 0.1) is 0 Å². The number of nitrogens with one attached hydrogen (secondary N) is 3. The number of hydrogen-bond donors (Lipinski definition) is 3. The Morgan fingerprint density at radius 1 is 1.26 bits per heavy atom. The van der Waals surface area contributed by atoms with Crippen LogP contribution in [0.5, 0.6) is 0 Å². The lowest BCUT2D eigenvalue weighted by atomic mass is 9.68. The van der Waals surface area contributed by atoms with E-state index in [9.17, 15) is 4.79 Å². The standard InChI is InChI=1S/C14H16N4O/c19-13-14(2-5-15-6-3-14)11-9(8-18-13)7-17-12-10(11)1-4-16-12/h1,4,7,15H,2-3,5-6,8H2,(H,16,17)(H,18,19). The third-order valence-electron chi connectivity index (χ3n) is 4.47. The quantitative estimate of drug-likeness (QED) is 0.653. The van der Waals surface area contributed by atoms with Gasteiger partial charge >= 0.3 is 0 Å². The molecule has 4 rings (SSSR count). The molecule has 1 amide bonds. The van der Waals surface area contributed by atoms with Crippen molar-refractivity contribution in [1.82, 2.24) is 20.6 Å². The normalized spacial score (nSPS) is 21.4. The Bertz CT molecular complexity index is 655. The van der Waals surface area contributed by atoms with Gasteiger partial charge in [-0.3, -0.25) is 4.79 Å². The molecule has 1 spiro atoms. The maximum Gasteiger partial charge on any atom is 0.231 e. The number of rotatable bonds is 0. The number of amides is 1. The number of aromatic amines is 1. The summed E-state index contributed by atoms with van der Waals surface area (Å²) in [4.78, 5) is 20.1. The van der Waals surface area contributed by atoms with Crippen LogP contribution >= 0.6 is 0 Å². The minimum Gasteiger partial charge on any atom is -0.351 e. The van der Waals surface area contributed by atoms with Gasteiger partial charge in [0.15, 0.2) is 0 Å². The van der Waals surface area contributed by atoms with Crippen molar-refractivity contribution in [2.45, 2.75) is 24.8 Å². The van der Waals surface area contributed by atoms with Crippen LogP contribution in [0.1, 0.15) is 24.0 Å². The monoisotopic (exact) mass is 256 g/mol. The van der Waals surface area contributed by atoms with Crippen molar-refractivity contribution in [1.29, 1.82) is 0 Å². The van der Waals surface area contributed by atoms with Gasteiger partial charge in [-0.1, -0.05) is 0 Å². The van der Waals surface area contributed by atoms with Crippen molar-refractivity contribution >= 4 is 16.9 Å². The van der Waals surface area contributed by atoms with Gasteiger partial charge in [-0.25, -0.2) is 4.98 Å². The molecule has 0 unspecified atom stereocenters. The summed E-state index contributed by atoms with van der Waals surface area (Å²) < 4.78 is 0. The molecule has 98 valence electrons. The Morgan fingerprint density at radius 3 is 2.95 bits per heavy atom. The molecule has 0 bridgehead atoms. The molecule has 19 heavy (non-hydrogen) atoms.